The maximum atomic E-state index is 12.0. The molecule has 0 fully saturated rings. The monoisotopic (exact) mass is 324 g/mol. The van der Waals surface area contributed by atoms with E-state index in [1.807, 2.05) is 0 Å². The lowest BCUT2D eigenvalue weighted by atomic mass is 10.1. The Labute approximate surface area is 127 Å². The fourth-order valence-electron chi connectivity index (χ4n) is 1.74. The maximum absolute atomic E-state index is 12.0. The van der Waals surface area contributed by atoms with Crippen molar-refractivity contribution in [2.75, 3.05) is 13.2 Å². The van der Waals surface area contributed by atoms with Gasteiger partial charge in [0, 0.05) is 23.9 Å². The fraction of sp³-hybridized carbons (Fsp3) is 0.786. The van der Waals surface area contributed by atoms with Crippen LogP contribution in [0.5, 0.6) is 0 Å². The van der Waals surface area contributed by atoms with Crippen LogP contribution in [0.2, 0.25) is 0 Å². The number of rotatable bonds is 8. The topological polar surface area (TPSA) is 34.1 Å². The molecule has 0 atom stereocenters. The van der Waals surface area contributed by atoms with Crippen molar-refractivity contribution in [3.05, 3.63) is 15.6 Å². The molecule has 21 heavy (non-hydrogen) atoms. The number of ether oxygens (including phenoxy) is 1. The smallest absolute Gasteiger partial charge is 0.372 e. The molecule has 1 N–H and O–H groups in total. The predicted octanol–water partition coefficient (Wildman–Crippen LogP) is 3.89. The van der Waals surface area contributed by atoms with Crippen LogP contribution in [0.25, 0.3) is 0 Å². The Morgan fingerprint density at radius 2 is 1.90 bits per heavy atom. The molecule has 0 bridgehead atoms. The van der Waals surface area contributed by atoms with Crippen LogP contribution in [0.3, 0.4) is 0 Å². The SMILES string of the molecule is CC(C)NCc1sc(CCOCC(F)(F)F)nc1C(C)C. The Kier molecular flexibility index (Phi) is 7.09. The van der Waals surface area contributed by atoms with Gasteiger partial charge in [-0.05, 0) is 5.92 Å². The molecule has 1 heterocycles. The van der Waals surface area contributed by atoms with Gasteiger partial charge in [0.15, 0.2) is 0 Å². The van der Waals surface area contributed by atoms with Gasteiger partial charge in [-0.25, -0.2) is 4.98 Å². The first-order valence-corrected chi connectivity index (χ1v) is 7.87. The Balaban J connectivity index is 2.56. The second-order valence-corrected chi connectivity index (χ2v) is 6.69. The summed E-state index contributed by atoms with van der Waals surface area (Å²) in [6.45, 7) is 7.87. The number of thiazole rings is 1. The summed E-state index contributed by atoms with van der Waals surface area (Å²) in [6, 6.07) is 0.380. The first-order valence-electron chi connectivity index (χ1n) is 7.05. The molecule has 0 spiro atoms. The van der Waals surface area contributed by atoms with Gasteiger partial charge in [0.25, 0.3) is 0 Å². The van der Waals surface area contributed by atoms with Crippen molar-refractivity contribution in [3.63, 3.8) is 0 Å². The minimum atomic E-state index is -4.27. The Hall–Kier alpha value is -0.660. The van der Waals surface area contributed by atoms with Crippen molar-refractivity contribution in [1.82, 2.24) is 10.3 Å². The molecule has 1 rings (SSSR count). The highest BCUT2D eigenvalue weighted by molar-refractivity contribution is 7.11. The van der Waals surface area contributed by atoms with E-state index in [9.17, 15) is 13.2 Å². The van der Waals surface area contributed by atoms with Crippen molar-refractivity contribution < 1.29 is 17.9 Å². The lowest BCUT2D eigenvalue weighted by Gasteiger charge is -2.09. The van der Waals surface area contributed by atoms with E-state index in [-0.39, 0.29) is 6.61 Å². The van der Waals surface area contributed by atoms with Gasteiger partial charge in [-0.15, -0.1) is 11.3 Å². The zero-order chi connectivity index (χ0) is 16.0. The number of aromatic nitrogens is 1. The number of nitrogens with zero attached hydrogens (tertiary/aromatic N) is 1. The molecule has 3 nitrogen and oxygen atoms in total. The first-order chi connectivity index (χ1) is 9.69. The third-order valence-corrected chi connectivity index (χ3v) is 3.85. The van der Waals surface area contributed by atoms with Crippen LogP contribution < -0.4 is 5.32 Å². The van der Waals surface area contributed by atoms with Crippen molar-refractivity contribution in [2.24, 2.45) is 0 Å². The normalized spacial score (nSPS) is 12.6. The number of hydrogen-bond donors (Lipinski definition) is 1. The third-order valence-electron chi connectivity index (χ3n) is 2.72. The molecule has 1 aromatic heterocycles. The molecule has 0 radical (unpaired) electrons. The number of alkyl halides is 3. The molecule has 0 aromatic carbocycles. The van der Waals surface area contributed by atoms with Crippen molar-refractivity contribution in [1.29, 1.82) is 0 Å². The summed E-state index contributed by atoms with van der Waals surface area (Å²) in [5.74, 6) is 0.301. The van der Waals surface area contributed by atoms with Crippen molar-refractivity contribution in [3.8, 4) is 0 Å². The number of halogens is 3. The van der Waals surface area contributed by atoms with E-state index < -0.39 is 12.8 Å². The Bertz CT molecular complexity index is 430. The minimum absolute atomic E-state index is 0.0433. The second-order valence-electron chi connectivity index (χ2n) is 5.52. The molecular formula is C14H23F3N2OS. The van der Waals surface area contributed by atoms with Crippen LogP contribution in [0.4, 0.5) is 13.2 Å². The van der Waals surface area contributed by atoms with Gasteiger partial charge >= 0.3 is 6.18 Å². The summed E-state index contributed by atoms with van der Waals surface area (Å²) in [5, 5.41) is 4.18. The fourth-order valence-corrected chi connectivity index (χ4v) is 2.90. The standard InChI is InChI=1S/C14H23F3N2OS/c1-9(2)13-11(7-18-10(3)4)21-12(19-13)5-6-20-8-14(15,16)17/h9-10,18H,5-8H2,1-4H3. The molecule has 7 heteroatoms. The summed E-state index contributed by atoms with van der Waals surface area (Å²) in [7, 11) is 0. The minimum Gasteiger partial charge on any atom is -0.372 e. The summed E-state index contributed by atoms with van der Waals surface area (Å²) < 4.78 is 40.6. The van der Waals surface area contributed by atoms with Crippen LogP contribution in [-0.4, -0.2) is 30.4 Å². The highest BCUT2D eigenvalue weighted by atomic mass is 32.1. The summed E-state index contributed by atoms with van der Waals surface area (Å²) in [4.78, 5) is 5.70. The van der Waals surface area contributed by atoms with E-state index in [4.69, 9.17) is 0 Å². The third kappa shape index (κ3) is 7.24. The molecule has 1 aromatic rings. The first kappa shape index (κ1) is 18.4. The lowest BCUT2D eigenvalue weighted by Crippen LogP contribution is -2.22. The van der Waals surface area contributed by atoms with E-state index in [0.29, 0.717) is 18.4 Å². The lowest BCUT2D eigenvalue weighted by molar-refractivity contribution is -0.173. The largest absolute Gasteiger partial charge is 0.411 e. The zero-order valence-electron chi connectivity index (χ0n) is 12.9. The van der Waals surface area contributed by atoms with E-state index in [0.717, 1.165) is 22.1 Å². The van der Waals surface area contributed by atoms with Gasteiger partial charge in [0.1, 0.15) is 6.61 Å². The molecule has 122 valence electrons. The van der Waals surface area contributed by atoms with Crippen LogP contribution in [-0.2, 0) is 17.7 Å². The average Bonchev–Trinajstić information content (AvgIpc) is 2.74. The summed E-state index contributed by atoms with van der Waals surface area (Å²) in [6.07, 6.45) is -3.85. The number of nitrogens with one attached hydrogen (secondary N) is 1. The molecule has 0 aliphatic heterocycles. The molecular weight excluding hydrogens is 301 g/mol. The summed E-state index contributed by atoms with van der Waals surface area (Å²) in [5.41, 5.74) is 1.03. The molecule has 0 amide bonds. The van der Waals surface area contributed by atoms with Crippen LogP contribution in [0.15, 0.2) is 0 Å². The van der Waals surface area contributed by atoms with Gasteiger partial charge in [-0.1, -0.05) is 27.7 Å². The Morgan fingerprint density at radius 1 is 1.24 bits per heavy atom. The van der Waals surface area contributed by atoms with E-state index >= 15 is 0 Å². The van der Waals surface area contributed by atoms with E-state index in [1.54, 1.807) is 11.3 Å². The predicted molar refractivity (Wildman–Crippen MR) is 78.8 cm³/mol. The van der Waals surface area contributed by atoms with Gasteiger partial charge in [0.05, 0.1) is 17.3 Å². The van der Waals surface area contributed by atoms with Crippen LogP contribution in [0, 0.1) is 0 Å². The highest BCUT2D eigenvalue weighted by Crippen LogP contribution is 2.25. The molecule has 0 aliphatic carbocycles. The molecule has 0 aliphatic rings. The van der Waals surface area contributed by atoms with Gasteiger partial charge in [-0.3, -0.25) is 0 Å². The van der Waals surface area contributed by atoms with E-state index in [1.165, 1.54) is 0 Å². The molecule has 0 unspecified atom stereocenters. The number of hydrogen-bond acceptors (Lipinski definition) is 4. The van der Waals surface area contributed by atoms with Gasteiger partial charge in [-0.2, -0.15) is 13.2 Å². The zero-order valence-corrected chi connectivity index (χ0v) is 13.7. The summed E-state index contributed by atoms with van der Waals surface area (Å²) >= 11 is 1.55. The average molecular weight is 324 g/mol. The van der Waals surface area contributed by atoms with Crippen molar-refractivity contribution in [2.45, 2.75) is 58.8 Å². The maximum Gasteiger partial charge on any atom is 0.411 e. The second kappa shape index (κ2) is 8.10. The highest BCUT2D eigenvalue weighted by Gasteiger charge is 2.27. The molecule has 0 saturated carbocycles. The van der Waals surface area contributed by atoms with Gasteiger partial charge < -0.3 is 10.1 Å². The van der Waals surface area contributed by atoms with Gasteiger partial charge in [0.2, 0.25) is 0 Å². The van der Waals surface area contributed by atoms with Crippen molar-refractivity contribution >= 4 is 11.3 Å². The van der Waals surface area contributed by atoms with E-state index in [2.05, 4.69) is 42.7 Å². The van der Waals surface area contributed by atoms with Crippen LogP contribution in [0.1, 0.15) is 49.2 Å². The Morgan fingerprint density at radius 3 is 2.43 bits per heavy atom. The quantitative estimate of drug-likeness (QED) is 0.737. The van der Waals surface area contributed by atoms with Crippen LogP contribution >= 0.6 is 11.3 Å². The molecule has 0 saturated heterocycles.